The van der Waals surface area contributed by atoms with Crippen LogP contribution in [0.2, 0.25) is 0 Å². The van der Waals surface area contributed by atoms with Gasteiger partial charge in [0.15, 0.2) is 11.9 Å². The first-order chi connectivity index (χ1) is 36.4. The number of aliphatic imine (C=N–C) groups is 2. The number of hydrogen-bond acceptors (Lipinski definition) is 15. The maximum absolute atomic E-state index is 7.46. The van der Waals surface area contributed by atoms with E-state index in [1.807, 2.05) is 83.1 Å². The van der Waals surface area contributed by atoms with Crippen LogP contribution in [0.4, 0.5) is 0 Å². The monoisotopic (exact) mass is 1050 g/mol. The molecule has 0 amide bonds. The van der Waals surface area contributed by atoms with Crippen LogP contribution in [-0.2, 0) is 30.9 Å². The summed E-state index contributed by atoms with van der Waals surface area (Å²) in [7, 11) is 1.96. The second-order valence-electron chi connectivity index (χ2n) is 16.8. The van der Waals surface area contributed by atoms with Gasteiger partial charge in [0.05, 0.1) is 38.1 Å². The van der Waals surface area contributed by atoms with E-state index in [2.05, 4.69) is 132 Å². The Labute approximate surface area is 450 Å². The van der Waals surface area contributed by atoms with Gasteiger partial charge >= 0.3 is 0 Å². The minimum atomic E-state index is 0.326. The number of likely N-dealkylation sites (tertiary alicyclic amines) is 1. The van der Waals surface area contributed by atoms with Gasteiger partial charge in [0, 0.05) is 168 Å². The van der Waals surface area contributed by atoms with Crippen molar-refractivity contribution in [3.63, 3.8) is 0 Å². The Morgan fingerprint density at radius 3 is 1.56 bits per heavy atom. The summed E-state index contributed by atoms with van der Waals surface area (Å²) in [5.41, 5.74) is 5.47. The Morgan fingerprint density at radius 2 is 1.29 bits per heavy atom. The van der Waals surface area contributed by atoms with Crippen LogP contribution in [0.15, 0.2) is 89.4 Å². The highest BCUT2D eigenvalue weighted by Crippen LogP contribution is 2.08. The number of nitrogens with one attached hydrogen (secondary N) is 3. The molecule has 0 radical (unpaired) electrons. The van der Waals surface area contributed by atoms with E-state index < -0.39 is 0 Å². The Kier molecular flexibility index (Phi) is 37.4. The molecule has 10 rings (SSSR count). The van der Waals surface area contributed by atoms with Gasteiger partial charge in [0.2, 0.25) is 0 Å². The number of aromatic nitrogens is 8. The Bertz CT molecular complexity index is 1850. The number of likely N-dealkylation sites (N-methyl/N-ethyl adjacent to an activating group) is 5. The van der Waals surface area contributed by atoms with Crippen molar-refractivity contribution in [1.82, 2.24) is 73.1 Å². The lowest BCUT2D eigenvalue weighted by atomic mass is 10.4. The predicted octanol–water partition coefficient (Wildman–Crippen LogP) is 5.84. The maximum Gasteiger partial charge on any atom is 0.284 e. The lowest BCUT2D eigenvalue weighted by Gasteiger charge is -2.15. The third-order valence-electron chi connectivity index (χ3n) is 11.9. The number of hydrogen-bond donors (Lipinski definition) is 4. The quantitative estimate of drug-likeness (QED) is 0.146. The third-order valence-corrected chi connectivity index (χ3v) is 11.9. The van der Waals surface area contributed by atoms with Gasteiger partial charge in [-0.1, -0.05) is 0 Å². The highest BCUT2D eigenvalue weighted by atomic mass is 16.5. The lowest BCUT2D eigenvalue weighted by Crippen LogP contribution is -2.33. The van der Waals surface area contributed by atoms with Crippen LogP contribution in [0.5, 0.6) is 0 Å². The van der Waals surface area contributed by atoms with Crippen molar-refractivity contribution >= 4 is 36.3 Å². The number of guanidine groups is 2. The summed E-state index contributed by atoms with van der Waals surface area (Å²) < 4.78 is 12.6. The van der Waals surface area contributed by atoms with Gasteiger partial charge in [-0.3, -0.25) is 40.6 Å². The lowest BCUT2D eigenvalue weighted by molar-refractivity contribution is 0.337. The summed E-state index contributed by atoms with van der Waals surface area (Å²) in [6.45, 7) is 40.6. The minimum Gasteiger partial charge on any atom is -0.463 e. The van der Waals surface area contributed by atoms with Crippen LogP contribution in [0.1, 0.15) is 88.5 Å². The van der Waals surface area contributed by atoms with Gasteiger partial charge < -0.3 is 49.0 Å². The molecule has 0 atom stereocenters. The second-order valence-corrected chi connectivity index (χ2v) is 16.8. The summed E-state index contributed by atoms with van der Waals surface area (Å²) in [4.78, 5) is 27.9. The Balaban J connectivity index is 0.000000417. The molecule has 0 aliphatic carbocycles. The Hall–Kier alpha value is -6.94. The smallest absolute Gasteiger partial charge is 0.284 e. The summed E-state index contributed by atoms with van der Waals surface area (Å²) in [5.74, 6) is 2.19. The molecule has 5 N–H and O–H groups in total. The zero-order chi connectivity index (χ0) is 55.5. The van der Waals surface area contributed by atoms with Crippen molar-refractivity contribution in [2.45, 2.75) is 115 Å². The van der Waals surface area contributed by atoms with Crippen molar-refractivity contribution in [3.8, 4) is 0 Å². The number of hydrazone groups is 1. The number of aryl methyl sites for hydroxylation is 4. The molecule has 75 heavy (non-hydrogen) atoms. The maximum atomic E-state index is 7.46. The first-order valence-corrected chi connectivity index (χ1v) is 27.1. The standard InChI is InChI=1S/C6H13N3.C6H12N2.C6H9N.C5H11N3.C5H10N2O.C5H10N2.C5H8N2.C5H10N2.C5H8N2.C4H7N3/c1-3-9-5-4-8(2)6(9)7;1-2-8-5-3-4-6(8)7;1-2-7-5-3-4-6-7;1-2-8-4-3-7-5(8)6;1-2-7-3-4-8-5(7)6;2*1-2-7-4-3-6-5-7;2*1-2-7-5-3-4-6-7;1-2-7-4-5-3-6-7/h7H,3-5H2,1-2H3;7H,2-5H2,1H3;3-6H,2H2,1H3;2-4H2,1H3,(H2,6,7);6H,2-4H2,1H3;5H,2-4H2,1H3;3-5H,2H2,1H3;4H,2-3,5H2,1H3;3-5H,2H2,1H3;3-4H,2H2,1H3. The molecule has 0 aromatic carbocycles. The minimum absolute atomic E-state index is 0.326. The fourth-order valence-electron chi connectivity index (χ4n) is 6.95. The molecule has 0 spiro atoms. The number of rotatable bonds is 10. The van der Waals surface area contributed by atoms with Gasteiger partial charge in [-0.2, -0.15) is 15.3 Å². The van der Waals surface area contributed by atoms with E-state index in [0.717, 1.165) is 143 Å². The van der Waals surface area contributed by atoms with Crippen LogP contribution >= 0.6 is 0 Å². The van der Waals surface area contributed by atoms with Crippen LogP contribution in [0, 0.1) is 16.2 Å². The van der Waals surface area contributed by atoms with Gasteiger partial charge in [-0.15, -0.1) is 0 Å². The van der Waals surface area contributed by atoms with Crippen molar-refractivity contribution in [1.29, 1.82) is 16.2 Å². The summed E-state index contributed by atoms with van der Waals surface area (Å²) in [5, 5.41) is 35.8. The Morgan fingerprint density at radius 1 is 0.587 bits per heavy atom. The van der Waals surface area contributed by atoms with Crippen LogP contribution in [0.25, 0.3) is 0 Å². The van der Waals surface area contributed by atoms with Gasteiger partial charge in [0.1, 0.15) is 19.3 Å². The largest absolute Gasteiger partial charge is 0.463 e. The SMILES string of the molecule is CCN1C=NCC1.CCN1CCC=N1.CCN1CCCC1=N.CCN1CCN(C)C1=N.CCN1CCN=C1N.CCN1CCOC1=N.CCn1cccc1.CCn1cccn1.CCn1ccnc1.CCn1cncn1. The molecule has 0 saturated carbocycles. The molecule has 6 aliphatic rings. The molecule has 422 valence electrons. The van der Waals surface area contributed by atoms with Crippen molar-refractivity contribution in [2.75, 3.05) is 112 Å². The van der Waals surface area contributed by atoms with Gasteiger partial charge in [-0.05, 0) is 93.9 Å². The normalized spacial score (nSPS) is 15.5. The average Bonchev–Trinajstić information content (AvgIpc) is 4.28. The first kappa shape index (κ1) is 66.1. The van der Waals surface area contributed by atoms with E-state index in [1.54, 1.807) is 29.7 Å². The average molecular weight is 1050 g/mol. The summed E-state index contributed by atoms with van der Waals surface area (Å²) in [6, 6.07) is 6.31. The highest BCUT2D eigenvalue weighted by molar-refractivity contribution is 5.81. The van der Waals surface area contributed by atoms with E-state index in [4.69, 9.17) is 26.7 Å². The molecule has 23 heteroatoms. The molecule has 3 fully saturated rings. The fraction of sp³-hybridized carbons (Fsp3) is 0.654. The topological polar surface area (TPSA) is 238 Å². The zero-order valence-electron chi connectivity index (χ0n) is 47.9. The summed E-state index contributed by atoms with van der Waals surface area (Å²) >= 11 is 0. The molecular formula is C52H98N22O. The van der Waals surface area contributed by atoms with Gasteiger partial charge in [0.25, 0.3) is 6.02 Å². The highest BCUT2D eigenvalue weighted by Gasteiger charge is 2.19. The number of nitrogens with zero attached hydrogens (tertiary/aromatic N) is 18. The van der Waals surface area contributed by atoms with E-state index in [0.29, 0.717) is 24.5 Å². The zero-order valence-corrected chi connectivity index (χ0v) is 47.9. The van der Waals surface area contributed by atoms with Crippen molar-refractivity contribution in [2.24, 2.45) is 20.8 Å². The van der Waals surface area contributed by atoms with E-state index >= 15 is 0 Å². The molecule has 4 aromatic rings. The predicted molar refractivity (Wildman–Crippen MR) is 309 cm³/mol. The van der Waals surface area contributed by atoms with Crippen LogP contribution < -0.4 is 5.73 Å². The van der Waals surface area contributed by atoms with Crippen molar-refractivity contribution < 1.29 is 4.74 Å². The molecule has 23 nitrogen and oxygen atoms in total. The van der Waals surface area contributed by atoms with Crippen molar-refractivity contribution in [3.05, 3.63) is 74.4 Å². The third kappa shape index (κ3) is 29.5. The number of imidazole rings is 1. The van der Waals surface area contributed by atoms with E-state index in [1.165, 1.54) is 12.7 Å². The molecule has 0 bridgehead atoms. The molecule has 3 saturated heterocycles. The molecule has 4 aromatic heterocycles. The fourth-order valence-corrected chi connectivity index (χ4v) is 6.95. The first-order valence-electron chi connectivity index (χ1n) is 27.1. The molecule has 10 heterocycles. The molecular weight excluding hydrogens is 949 g/mol. The molecule has 0 unspecified atom stereocenters. The van der Waals surface area contributed by atoms with Crippen LogP contribution in [0.3, 0.4) is 0 Å². The number of ether oxygens (including phenoxy) is 1. The second kappa shape index (κ2) is 42.4. The molecule has 6 aliphatic heterocycles. The summed E-state index contributed by atoms with van der Waals surface area (Å²) in [6.07, 6.45) is 23.8. The number of amidine groups is 2. The van der Waals surface area contributed by atoms with Crippen LogP contribution in [-0.4, -0.2) is 221 Å². The van der Waals surface area contributed by atoms with Gasteiger partial charge in [-0.25, -0.2) is 9.97 Å². The number of nitrogens with two attached hydrogens (primary N) is 1. The van der Waals surface area contributed by atoms with E-state index in [-0.39, 0.29) is 0 Å². The van der Waals surface area contributed by atoms with E-state index in [9.17, 15) is 0 Å².